The molecule has 2 heteroatoms. The molecule has 0 fully saturated rings. The number of hydrogen-bond donors (Lipinski definition) is 0. The molecular weight excluding hydrogens is 330 g/mol. The van der Waals surface area contributed by atoms with Crippen LogP contribution in [-0.4, -0.2) is 6.15 Å². The van der Waals surface area contributed by atoms with E-state index in [9.17, 15) is 0 Å². The van der Waals surface area contributed by atoms with Crippen LogP contribution in [0.5, 0.6) is 0 Å². The molecule has 160 valence electrons. The summed E-state index contributed by atoms with van der Waals surface area (Å²) in [7, 11) is 0. The largest absolute Gasteiger partial charge is 1.00 e. The maximum absolute atomic E-state index is 3.95. The van der Waals surface area contributed by atoms with Gasteiger partial charge >= 0.3 is 18.9 Å². The average molecular weight is 382 g/mol. The zero-order valence-corrected chi connectivity index (χ0v) is 20.7. The van der Waals surface area contributed by atoms with Crippen molar-refractivity contribution in [3.05, 3.63) is 0 Å². The van der Waals surface area contributed by atoms with Crippen LogP contribution in [0.4, 0.5) is 0 Å². The summed E-state index contributed by atoms with van der Waals surface area (Å²) in [5, 5.41) is 0. The molecule has 0 radical (unpaired) electrons. The summed E-state index contributed by atoms with van der Waals surface area (Å²) in [5.41, 5.74) is 0. The first-order chi connectivity index (χ1) is 13.2. The molecule has 28 heavy (non-hydrogen) atoms. The Hall–Kier alpha value is 0.222. The SMILES string of the molecule is CCCCCCC#C[B-](CCCCCC)(CCCCCC)CCCCCC.[Li+]. The summed E-state index contributed by atoms with van der Waals surface area (Å²) >= 11 is 0. The van der Waals surface area contributed by atoms with E-state index in [2.05, 4.69) is 39.4 Å². The number of rotatable bonds is 19. The molecule has 0 aliphatic rings. The Morgan fingerprint density at radius 1 is 0.464 bits per heavy atom. The van der Waals surface area contributed by atoms with E-state index in [1.54, 1.807) is 0 Å². The fraction of sp³-hybridized carbons (Fsp3) is 0.923. The molecule has 0 saturated carbocycles. The van der Waals surface area contributed by atoms with Crippen LogP contribution in [0.15, 0.2) is 0 Å². The summed E-state index contributed by atoms with van der Waals surface area (Å²) in [4.78, 5) is 0. The van der Waals surface area contributed by atoms with Crippen molar-refractivity contribution in [1.29, 1.82) is 0 Å². The van der Waals surface area contributed by atoms with Gasteiger partial charge in [-0.2, -0.15) is 24.9 Å². The van der Waals surface area contributed by atoms with Gasteiger partial charge in [-0.15, -0.1) is 0 Å². The van der Waals surface area contributed by atoms with Gasteiger partial charge in [-0.05, 0) is 6.42 Å². The quantitative estimate of drug-likeness (QED) is 0.133. The standard InChI is InChI=1S/C26H52B.Li/c1-5-9-13-17-18-22-26-27(23-19-14-10-6-2,24-20-15-11-7-3)25-21-16-12-8-4;/h5-21,23-25H2,1-4H3;/q-1;+1. The molecule has 0 aliphatic heterocycles. The van der Waals surface area contributed by atoms with Gasteiger partial charge < -0.3 is 5.82 Å². The second-order valence-electron chi connectivity index (χ2n) is 9.16. The van der Waals surface area contributed by atoms with E-state index >= 15 is 0 Å². The monoisotopic (exact) mass is 382 g/mol. The smallest absolute Gasteiger partial charge is 0.315 e. The van der Waals surface area contributed by atoms with Crippen LogP contribution >= 0.6 is 0 Å². The zero-order valence-electron chi connectivity index (χ0n) is 20.7. The van der Waals surface area contributed by atoms with E-state index in [1.165, 1.54) is 122 Å². The predicted molar refractivity (Wildman–Crippen MR) is 129 cm³/mol. The maximum atomic E-state index is 3.95. The molecule has 0 rings (SSSR count). The van der Waals surface area contributed by atoms with E-state index in [0.29, 0.717) is 0 Å². The molecule has 0 atom stereocenters. The summed E-state index contributed by atoms with van der Waals surface area (Å²) in [6, 6.07) is 0. The van der Waals surface area contributed by atoms with Gasteiger partial charge in [-0.1, -0.05) is 124 Å². The molecule has 0 aromatic rings. The third-order valence-corrected chi connectivity index (χ3v) is 6.39. The fourth-order valence-corrected chi connectivity index (χ4v) is 4.46. The molecule has 0 spiro atoms. The van der Waals surface area contributed by atoms with Gasteiger partial charge in [0.05, 0.1) is 6.15 Å². The second-order valence-corrected chi connectivity index (χ2v) is 9.16. The Labute approximate surface area is 192 Å². The molecule has 0 N–H and O–H groups in total. The molecule has 0 aromatic heterocycles. The van der Waals surface area contributed by atoms with Crippen molar-refractivity contribution in [2.75, 3.05) is 0 Å². The third-order valence-electron chi connectivity index (χ3n) is 6.39. The van der Waals surface area contributed by atoms with Crippen molar-refractivity contribution in [3.63, 3.8) is 0 Å². The van der Waals surface area contributed by atoms with Crippen molar-refractivity contribution >= 4 is 6.15 Å². The molecule has 0 amide bonds. The van der Waals surface area contributed by atoms with Gasteiger partial charge in [-0.3, -0.25) is 0 Å². The zero-order chi connectivity index (χ0) is 20.1. The van der Waals surface area contributed by atoms with Crippen molar-refractivity contribution in [3.8, 4) is 11.7 Å². The van der Waals surface area contributed by atoms with Crippen molar-refractivity contribution < 1.29 is 18.9 Å². The van der Waals surface area contributed by atoms with Gasteiger partial charge in [0.2, 0.25) is 0 Å². The van der Waals surface area contributed by atoms with Gasteiger partial charge in [-0.25, -0.2) is 0 Å². The van der Waals surface area contributed by atoms with E-state index in [0.717, 1.165) is 6.42 Å². The Morgan fingerprint density at radius 3 is 1.18 bits per heavy atom. The van der Waals surface area contributed by atoms with Crippen LogP contribution in [-0.2, 0) is 0 Å². The molecule has 0 heterocycles. The van der Waals surface area contributed by atoms with Crippen LogP contribution in [0, 0.1) is 11.7 Å². The number of hydrogen-bond acceptors (Lipinski definition) is 0. The van der Waals surface area contributed by atoms with E-state index in [4.69, 9.17) is 0 Å². The Morgan fingerprint density at radius 2 is 0.821 bits per heavy atom. The average Bonchev–Trinajstić information content (AvgIpc) is 2.68. The van der Waals surface area contributed by atoms with Crippen molar-refractivity contribution in [2.24, 2.45) is 0 Å². The van der Waals surface area contributed by atoms with Crippen LogP contribution < -0.4 is 18.9 Å². The topological polar surface area (TPSA) is 0 Å². The maximum Gasteiger partial charge on any atom is 1.00 e. The van der Waals surface area contributed by atoms with E-state index in [-0.39, 0.29) is 18.9 Å². The first-order valence-electron chi connectivity index (χ1n) is 12.9. The molecule has 0 saturated heterocycles. The molecule has 0 bridgehead atoms. The van der Waals surface area contributed by atoms with Gasteiger partial charge in [0.25, 0.3) is 0 Å². The van der Waals surface area contributed by atoms with Gasteiger partial charge in [0, 0.05) is 6.42 Å². The molecule has 0 aliphatic carbocycles. The first-order valence-corrected chi connectivity index (χ1v) is 12.9. The van der Waals surface area contributed by atoms with E-state index < -0.39 is 6.15 Å². The Balaban J connectivity index is 0. The minimum absolute atomic E-state index is 0. The predicted octanol–water partition coefficient (Wildman–Crippen LogP) is 6.69. The van der Waals surface area contributed by atoms with Gasteiger partial charge in [0.1, 0.15) is 0 Å². The first kappa shape index (κ1) is 30.4. The summed E-state index contributed by atoms with van der Waals surface area (Å²) in [5.74, 6) is 7.64. The van der Waals surface area contributed by atoms with Crippen molar-refractivity contribution in [1.82, 2.24) is 0 Å². The van der Waals surface area contributed by atoms with Crippen LogP contribution in [0.3, 0.4) is 0 Å². The summed E-state index contributed by atoms with van der Waals surface area (Å²) in [6.07, 6.45) is 27.1. The summed E-state index contributed by atoms with van der Waals surface area (Å²) in [6.45, 7) is 9.26. The van der Waals surface area contributed by atoms with Crippen LogP contribution in [0.1, 0.15) is 137 Å². The third kappa shape index (κ3) is 18.3. The minimum atomic E-state index is -0.435. The molecular formula is C26H52BLi. The molecule has 0 unspecified atom stereocenters. The van der Waals surface area contributed by atoms with Crippen LogP contribution in [0.2, 0.25) is 19.0 Å². The fourth-order valence-electron chi connectivity index (χ4n) is 4.46. The summed E-state index contributed by atoms with van der Waals surface area (Å²) < 4.78 is 0. The second kappa shape index (κ2) is 23.5. The van der Waals surface area contributed by atoms with Gasteiger partial charge in [0.15, 0.2) is 0 Å². The number of unbranched alkanes of at least 4 members (excludes halogenated alkanes) is 13. The minimum Gasteiger partial charge on any atom is -0.315 e. The Bertz CT molecular complexity index is 324. The Kier molecular flexibility index (Phi) is 25.5. The van der Waals surface area contributed by atoms with Crippen LogP contribution in [0.25, 0.3) is 0 Å². The normalized spacial score (nSPS) is 11.0. The van der Waals surface area contributed by atoms with Crippen molar-refractivity contribution in [2.45, 2.75) is 156 Å². The van der Waals surface area contributed by atoms with E-state index in [1.807, 2.05) is 0 Å². The molecule has 0 nitrogen and oxygen atoms in total. The molecule has 0 aromatic carbocycles.